The van der Waals surface area contributed by atoms with Crippen LogP contribution in [0.3, 0.4) is 0 Å². The third-order valence-electron chi connectivity index (χ3n) is 2.25. The molecule has 0 radical (unpaired) electrons. The highest BCUT2D eigenvalue weighted by Gasteiger charge is 2.24. The molecule has 0 aromatic heterocycles. The van der Waals surface area contributed by atoms with Crippen LogP contribution in [0.15, 0.2) is 0 Å². The highest BCUT2D eigenvalue weighted by atomic mass is 127. The lowest BCUT2D eigenvalue weighted by Crippen LogP contribution is -2.45. The number of halogens is 1. The molecule has 0 saturated carbocycles. The molecule has 1 heterocycles. The molecule has 0 aliphatic carbocycles. The molecule has 1 saturated heterocycles. The molecule has 17 heavy (non-hydrogen) atoms. The normalized spacial score (nSPS) is 25.5. The molecule has 6 nitrogen and oxygen atoms in total. The zero-order chi connectivity index (χ0) is 12.8. The first kappa shape index (κ1) is 14.7. The molecule has 1 fully saturated rings. The summed E-state index contributed by atoms with van der Waals surface area (Å²) in [6.07, 6.45) is -0.422. The molecule has 0 bridgehead atoms. The molecule has 0 aromatic rings. The minimum Gasteiger partial charge on any atom is -0.481 e. The van der Waals surface area contributed by atoms with Crippen molar-refractivity contribution in [3.63, 3.8) is 0 Å². The Kier molecular flexibility index (Phi) is 6.21. The monoisotopic (exact) mass is 355 g/mol. The van der Waals surface area contributed by atoms with E-state index in [2.05, 4.69) is 26.0 Å². The number of carboxylic acids is 1. The largest absolute Gasteiger partial charge is 0.481 e. The van der Waals surface area contributed by atoms with Crippen molar-refractivity contribution in [3.8, 4) is 0 Å². The van der Waals surface area contributed by atoms with Crippen LogP contribution in [0.25, 0.3) is 0 Å². The van der Waals surface area contributed by atoms with Crippen LogP contribution in [0.5, 0.6) is 0 Å². The summed E-state index contributed by atoms with van der Waals surface area (Å²) >= 11 is 2.20. The summed E-state index contributed by atoms with van der Waals surface area (Å²) < 4.78 is 12.6. The minimum absolute atomic E-state index is 0.0917. The average Bonchev–Trinajstić information content (AvgIpc) is 2.22. The first-order valence-electron chi connectivity index (χ1n) is 5.41. The lowest BCUT2D eigenvalue weighted by atomic mass is 9.98. The van der Waals surface area contributed by atoms with Crippen LogP contribution >= 0.6 is 22.9 Å². The van der Waals surface area contributed by atoms with E-state index >= 15 is 0 Å². The second-order valence-corrected chi connectivity index (χ2v) is 5.34. The Bertz CT molecular complexity index is 281. The molecule has 8 heteroatoms. The Balaban J connectivity index is 2.21. The van der Waals surface area contributed by atoms with Crippen LogP contribution in [0, 0.1) is 0 Å². The number of esters is 1. The van der Waals surface area contributed by atoms with Gasteiger partial charge in [0.05, 0.1) is 12.8 Å². The summed E-state index contributed by atoms with van der Waals surface area (Å²) in [6, 6.07) is 0.114. The van der Waals surface area contributed by atoms with Gasteiger partial charge in [0.15, 0.2) is 0 Å². The molecule has 1 N–H and O–H groups in total. The first-order chi connectivity index (χ1) is 7.97. The van der Waals surface area contributed by atoms with Crippen molar-refractivity contribution in [2.75, 3.05) is 19.7 Å². The van der Waals surface area contributed by atoms with Crippen LogP contribution < -0.4 is 0 Å². The zero-order valence-electron chi connectivity index (χ0n) is 9.60. The maximum atomic E-state index is 11.2. The molecule has 0 amide bonds. The topological polar surface area (TPSA) is 76.1 Å². The van der Waals surface area contributed by atoms with E-state index in [0.717, 1.165) is 6.54 Å². The predicted octanol–water partition coefficient (Wildman–Crippen LogP) is -0.596. The van der Waals surface area contributed by atoms with E-state index in [1.807, 2.05) is 7.85 Å². The summed E-state index contributed by atoms with van der Waals surface area (Å²) in [5.41, 5.74) is 0. The smallest absolute Gasteiger partial charge is 0.306 e. The van der Waals surface area contributed by atoms with Gasteiger partial charge < -0.3 is 14.6 Å². The van der Waals surface area contributed by atoms with Gasteiger partial charge >= 0.3 is 11.9 Å². The van der Waals surface area contributed by atoms with E-state index in [9.17, 15) is 9.59 Å². The Hall–Kier alpha value is -0.345. The average molecular weight is 355 g/mol. The fourth-order valence-electron chi connectivity index (χ4n) is 1.55. The number of morpholine rings is 1. The third-order valence-corrected chi connectivity index (χ3v) is 3.04. The number of rotatable bonds is 5. The summed E-state index contributed by atoms with van der Waals surface area (Å²) in [5, 5.41) is 8.41. The molecule has 2 unspecified atom stereocenters. The van der Waals surface area contributed by atoms with Gasteiger partial charge in [-0.15, -0.1) is 0 Å². The van der Waals surface area contributed by atoms with Crippen LogP contribution in [0.4, 0.5) is 0 Å². The van der Waals surface area contributed by atoms with Crippen LogP contribution in [-0.2, 0) is 19.1 Å². The van der Waals surface area contributed by atoms with Gasteiger partial charge in [-0.2, -0.15) is 0 Å². The highest BCUT2D eigenvalue weighted by Crippen LogP contribution is 2.13. The molecule has 96 valence electrons. The Morgan fingerprint density at radius 3 is 2.76 bits per heavy atom. The quantitative estimate of drug-likeness (QED) is 0.308. The fourth-order valence-corrected chi connectivity index (χ4v) is 2.54. The number of carbonyl (C=O) groups excluding carboxylic acids is 1. The summed E-state index contributed by atoms with van der Waals surface area (Å²) in [5.74, 6) is -1.49. The summed E-state index contributed by atoms with van der Waals surface area (Å²) in [4.78, 5) is 21.5. The first-order valence-corrected chi connectivity index (χ1v) is 6.37. The van der Waals surface area contributed by atoms with E-state index in [0.29, 0.717) is 6.54 Å². The van der Waals surface area contributed by atoms with E-state index < -0.39 is 11.9 Å². The van der Waals surface area contributed by atoms with E-state index in [1.165, 1.54) is 0 Å². The summed E-state index contributed by atoms with van der Waals surface area (Å²) in [6.45, 7) is 1.74. The number of hydrogen-bond acceptors (Lipinski definition) is 5. The molecular weight excluding hydrogens is 340 g/mol. The maximum Gasteiger partial charge on any atom is 0.306 e. The Morgan fingerprint density at radius 1 is 1.47 bits per heavy atom. The molecule has 1 aliphatic heterocycles. The number of aliphatic carboxylic acids is 1. The molecule has 0 spiro atoms. The lowest BCUT2D eigenvalue weighted by Gasteiger charge is -2.32. The highest BCUT2D eigenvalue weighted by molar-refractivity contribution is 14.1. The molecule has 0 aromatic carbocycles. The standard InChI is InChI=1S/C9H15BINO5/c10-7-4-12(11)3-6(17-7)5-16-9(15)2-1-8(13)14/h6-7H,1-5,10H2,(H,13,14). The predicted molar refractivity (Wildman–Crippen MR) is 70.6 cm³/mol. The molecule has 1 rings (SSSR count). The lowest BCUT2D eigenvalue weighted by molar-refractivity contribution is -0.152. The van der Waals surface area contributed by atoms with Crippen LogP contribution in [0.1, 0.15) is 12.8 Å². The summed E-state index contributed by atoms with van der Waals surface area (Å²) in [7, 11) is 1.96. The second kappa shape index (κ2) is 7.17. The van der Waals surface area contributed by atoms with Crippen LogP contribution in [0.2, 0.25) is 0 Å². The van der Waals surface area contributed by atoms with Crippen molar-refractivity contribution in [2.45, 2.75) is 24.9 Å². The van der Waals surface area contributed by atoms with Gasteiger partial charge in [0, 0.05) is 42.0 Å². The van der Waals surface area contributed by atoms with Crippen molar-refractivity contribution >= 4 is 42.6 Å². The van der Waals surface area contributed by atoms with Crippen LogP contribution in [-0.4, -0.2) is 59.8 Å². The number of nitrogens with zero attached hydrogens (tertiary/aromatic N) is 1. The molecule has 2 atom stereocenters. The van der Waals surface area contributed by atoms with Gasteiger partial charge in [-0.05, 0) is 0 Å². The van der Waals surface area contributed by atoms with Crippen molar-refractivity contribution < 1.29 is 24.2 Å². The molecule has 1 aliphatic rings. The van der Waals surface area contributed by atoms with Gasteiger partial charge in [0.1, 0.15) is 20.6 Å². The van der Waals surface area contributed by atoms with Gasteiger partial charge in [-0.1, -0.05) is 0 Å². The van der Waals surface area contributed by atoms with Gasteiger partial charge in [0.25, 0.3) is 0 Å². The maximum absolute atomic E-state index is 11.2. The van der Waals surface area contributed by atoms with Crippen molar-refractivity contribution in [1.29, 1.82) is 0 Å². The Morgan fingerprint density at radius 2 is 2.18 bits per heavy atom. The fraction of sp³-hybridized carbons (Fsp3) is 0.778. The number of carbonyl (C=O) groups is 2. The number of carboxylic acid groups (broad SMARTS) is 1. The van der Waals surface area contributed by atoms with Crippen molar-refractivity contribution in [3.05, 3.63) is 0 Å². The zero-order valence-corrected chi connectivity index (χ0v) is 11.8. The third kappa shape index (κ3) is 6.22. The Labute approximate surface area is 115 Å². The van der Waals surface area contributed by atoms with Gasteiger partial charge in [-0.25, -0.2) is 3.11 Å². The minimum atomic E-state index is -0.997. The number of hydrogen-bond donors (Lipinski definition) is 1. The van der Waals surface area contributed by atoms with Crippen molar-refractivity contribution in [2.24, 2.45) is 0 Å². The SMILES string of the molecule is BC1CN(I)CC(COC(=O)CCC(=O)O)O1. The van der Waals surface area contributed by atoms with Crippen molar-refractivity contribution in [1.82, 2.24) is 3.11 Å². The van der Waals surface area contributed by atoms with E-state index in [-0.39, 0.29) is 31.6 Å². The van der Waals surface area contributed by atoms with Gasteiger partial charge in [-0.3, -0.25) is 9.59 Å². The van der Waals surface area contributed by atoms with Gasteiger partial charge in [0.2, 0.25) is 0 Å². The number of ether oxygens (including phenoxy) is 2. The van der Waals surface area contributed by atoms with E-state index in [1.54, 1.807) is 0 Å². The second-order valence-electron chi connectivity index (χ2n) is 3.97. The van der Waals surface area contributed by atoms with E-state index in [4.69, 9.17) is 14.6 Å². The molecular formula is C9H15BINO5.